The number of amides is 2. The summed E-state index contributed by atoms with van der Waals surface area (Å²) in [6.45, 7) is 0.574. The summed E-state index contributed by atoms with van der Waals surface area (Å²) < 4.78 is 37.1. The molecule has 202 valence electrons. The van der Waals surface area contributed by atoms with Crippen LogP contribution in [0.25, 0.3) is 0 Å². The van der Waals surface area contributed by atoms with Gasteiger partial charge in [-0.25, -0.2) is 4.79 Å². The lowest BCUT2D eigenvalue weighted by Crippen LogP contribution is -2.52. The predicted octanol–water partition coefficient (Wildman–Crippen LogP) is 3.19. The Morgan fingerprint density at radius 1 is 1.14 bits per heavy atom. The largest absolute Gasteiger partial charge is 0.467 e. The lowest BCUT2D eigenvalue weighted by atomic mass is 9.76. The van der Waals surface area contributed by atoms with Crippen LogP contribution < -0.4 is 5.32 Å². The highest BCUT2D eigenvalue weighted by atomic mass is 79.9. The third-order valence-electron chi connectivity index (χ3n) is 7.59. The van der Waals surface area contributed by atoms with E-state index < -0.39 is 45.5 Å². The Morgan fingerprint density at radius 3 is 2.57 bits per heavy atom. The van der Waals surface area contributed by atoms with Gasteiger partial charge in [0.1, 0.15) is 5.54 Å². The zero-order valence-corrected chi connectivity index (χ0v) is 23.4. The number of methoxy groups -OCH3 is 1. The van der Waals surface area contributed by atoms with Crippen LogP contribution in [-0.4, -0.2) is 63.4 Å². The fourth-order valence-corrected chi connectivity index (χ4v) is 6.73. The van der Waals surface area contributed by atoms with Crippen molar-refractivity contribution in [3.05, 3.63) is 40.9 Å². The SMILES string of the molecule is COC(=O)[C@@]12C[C@H]1/C=C\CCCCN(C)C(=O)[C@@H]1CC[C@@H](OS(=O)(=O)c3ccc(Br)cc3)C[C@H]1C(=O)N2. The second-order valence-electron chi connectivity index (χ2n) is 10.1. The van der Waals surface area contributed by atoms with Crippen LogP contribution in [-0.2, 0) is 33.4 Å². The average molecular weight is 598 g/mol. The normalized spacial score (nSPS) is 31.8. The molecule has 0 saturated heterocycles. The number of carbonyl (C=O) groups excluding carboxylic acids is 3. The molecule has 3 aliphatic rings. The molecule has 2 saturated carbocycles. The van der Waals surface area contributed by atoms with E-state index in [4.69, 9.17) is 8.92 Å². The highest BCUT2D eigenvalue weighted by molar-refractivity contribution is 9.10. The third kappa shape index (κ3) is 6.09. The van der Waals surface area contributed by atoms with Gasteiger partial charge in [-0.2, -0.15) is 8.42 Å². The highest BCUT2D eigenvalue weighted by Crippen LogP contribution is 2.47. The molecule has 0 aromatic heterocycles. The number of halogens is 1. The summed E-state index contributed by atoms with van der Waals surface area (Å²) in [7, 11) is -1.06. The molecule has 1 N–H and O–H groups in total. The van der Waals surface area contributed by atoms with E-state index in [2.05, 4.69) is 21.2 Å². The first-order chi connectivity index (χ1) is 17.6. The highest BCUT2D eigenvalue weighted by Gasteiger charge is 2.62. The van der Waals surface area contributed by atoms with Crippen LogP contribution in [0.5, 0.6) is 0 Å². The molecule has 2 aliphatic carbocycles. The first-order valence-electron chi connectivity index (χ1n) is 12.6. The van der Waals surface area contributed by atoms with Crippen molar-refractivity contribution < 1.29 is 31.7 Å². The molecule has 1 aromatic rings. The van der Waals surface area contributed by atoms with E-state index in [1.807, 2.05) is 12.2 Å². The van der Waals surface area contributed by atoms with E-state index in [9.17, 15) is 22.8 Å². The van der Waals surface area contributed by atoms with Gasteiger partial charge in [-0.05, 0) is 69.2 Å². The Hall–Kier alpha value is -2.24. The van der Waals surface area contributed by atoms with Crippen molar-refractivity contribution >= 4 is 43.8 Å². The van der Waals surface area contributed by atoms with E-state index >= 15 is 0 Å². The van der Waals surface area contributed by atoms with Gasteiger partial charge in [0.05, 0.1) is 24.0 Å². The Labute approximate surface area is 226 Å². The van der Waals surface area contributed by atoms with E-state index in [0.717, 1.165) is 23.7 Å². The summed E-state index contributed by atoms with van der Waals surface area (Å²) in [5.74, 6) is -2.80. The molecular formula is C26H33BrN2O7S. The van der Waals surface area contributed by atoms with Crippen LogP contribution in [0.15, 0.2) is 45.8 Å². The van der Waals surface area contributed by atoms with Gasteiger partial charge in [-0.15, -0.1) is 0 Å². The number of nitrogens with zero attached hydrogens (tertiary/aromatic N) is 1. The Balaban J connectivity index is 1.59. The van der Waals surface area contributed by atoms with Gasteiger partial charge in [-0.3, -0.25) is 13.8 Å². The summed E-state index contributed by atoms with van der Waals surface area (Å²) in [5, 5.41) is 2.88. The number of benzene rings is 1. The van der Waals surface area contributed by atoms with Crippen LogP contribution in [0.3, 0.4) is 0 Å². The Bertz CT molecular complexity index is 1170. The number of esters is 1. The summed E-state index contributed by atoms with van der Waals surface area (Å²) >= 11 is 3.29. The van der Waals surface area contributed by atoms with Gasteiger partial charge in [0.15, 0.2) is 0 Å². The van der Waals surface area contributed by atoms with Crippen LogP contribution >= 0.6 is 15.9 Å². The second-order valence-corrected chi connectivity index (χ2v) is 12.6. The number of nitrogens with one attached hydrogen (secondary N) is 1. The first-order valence-corrected chi connectivity index (χ1v) is 14.8. The number of rotatable bonds is 4. The number of allylic oxidation sites excluding steroid dienone is 1. The van der Waals surface area contributed by atoms with E-state index in [1.165, 1.54) is 19.2 Å². The molecule has 11 heteroatoms. The first kappa shape index (κ1) is 27.8. The Morgan fingerprint density at radius 2 is 1.86 bits per heavy atom. The summed E-state index contributed by atoms with van der Waals surface area (Å²) in [4.78, 5) is 41.3. The fraction of sp³-hybridized carbons (Fsp3) is 0.577. The Kier molecular flexibility index (Phi) is 8.45. The zero-order valence-electron chi connectivity index (χ0n) is 21.0. The maximum absolute atomic E-state index is 13.6. The molecule has 1 heterocycles. The minimum atomic E-state index is -4.07. The van der Waals surface area contributed by atoms with E-state index in [1.54, 1.807) is 24.1 Å². The summed E-state index contributed by atoms with van der Waals surface area (Å²) in [6.07, 6.45) is 6.81. The molecule has 2 fully saturated rings. The topological polar surface area (TPSA) is 119 Å². The van der Waals surface area contributed by atoms with Crippen molar-refractivity contribution in [3.63, 3.8) is 0 Å². The van der Waals surface area contributed by atoms with Gasteiger partial charge in [0.25, 0.3) is 10.1 Å². The number of hydrogen-bond donors (Lipinski definition) is 1. The zero-order chi connectivity index (χ0) is 26.8. The molecule has 0 bridgehead atoms. The monoisotopic (exact) mass is 596 g/mol. The molecule has 1 aliphatic heterocycles. The van der Waals surface area contributed by atoms with Crippen LogP contribution in [0.2, 0.25) is 0 Å². The van der Waals surface area contributed by atoms with Gasteiger partial charge >= 0.3 is 5.97 Å². The standard InChI is InChI=1S/C26H33BrN2O7S/c1-29-14-6-4-3-5-7-17-16-26(17,25(32)35-2)28-23(30)22-15-19(10-13-21(22)24(29)31)36-37(33,34)20-11-8-18(27)9-12-20/h5,7-9,11-12,17,19,21-22H,3-4,6,10,13-16H2,1-2H3,(H,28,30)/b7-5-/t17-,19-,21-,22-,26-/m1/s1. The molecule has 0 unspecified atom stereocenters. The number of carbonyl (C=O) groups is 3. The molecule has 1 aromatic carbocycles. The summed E-state index contributed by atoms with van der Waals surface area (Å²) in [5.41, 5.74) is -1.16. The molecular weight excluding hydrogens is 564 g/mol. The smallest absolute Gasteiger partial charge is 0.332 e. The average Bonchev–Trinajstić information content (AvgIpc) is 3.57. The predicted molar refractivity (Wildman–Crippen MR) is 139 cm³/mol. The van der Waals surface area contributed by atoms with Crippen molar-refractivity contribution in [3.8, 4) is 0 Å². The molecule has 5 atom stereocenters. The molecule has 9 nitrogen and oxygen atoms in total. The van der Waals surface area contributed by atoms with Crippen molar-refractivity contribution in [1.82, 2.24) is 10.2 Å². The molecule has 2 amide bonds. The van der Waals surface area contributed by atoms with Gasteiger partial charge in [-0.1, -0.05) is 28.1 Å². The fourth-order valence-electron chi connectivity index (χ4n) is 5.35. The molecule has 4 rings (SSSR count). The van der Waals surface area contributed by atoms with E-state index in [-0.39, 0.29) is 23.1 Å². The van der Waals surface area contributed by atoms with E-state index in [0.29, 0.717) is 25.8 Å². The van der Waals surface area contributed by atoms with Crippen molar-refractivity contribution in [1.29, 1.82) is 0 Å². The number of hydrogen-bond acceptors (Lipinski definition) is 7. The van der Waals surface area contributed by atoms with Crippen molar-refractivity contribution in [2.24, 2.45) is 17.8 Å². The molecule has 0 radical (unpaired) electrons. The van der Waals surface area contributed by atoms with Crippen LogP contribution in [0.1, 0.15) is 44.9 Å². The molecule has 0 spiro atoms. The van der Waals surface area contributed by atoms with Gasteiger partial charge in [0.2, 0.25) is 11.8 Å². The van der Waals surface area contributed by atoms with Crippen LogP contribution in [0.4, 0.5) is 0 Å². The number of ether oxygens (including phenoxy) is 1. The minimum Gasteiger partial charge on any atom is -0.467 e. The lowest BCUT2D eigenvalue weighted by Gasteiger charge is -2.36. The van der Waals surface area contributed by atoms with Crippen LogP contribution in [0, 0.1) is 17.8 Å². The minimum absolute atomic E-state index is 0.0151. The lowest BCUT2D eigenvalue weighted by molar-refractivity contribution is -0.149. The van der Waals surface area contributed by atoms with Gasteiger partial charge in [0, 0.05) is 29.9 Å². The van der Waals surface area contributed by atoms with Crippen molar-refractivity contribution in [2.45, 2.75) is 61.5 Å². The van der Waals surface area contributed by atoms with Gasteiger partial charge < -0.3 is 15.0 Å². The third-order valence-corrected chi connectivity index (χ3v) is 9.49. The number of fused-ring (bicyclic) bond motifs is 2. The second kappa shape index (κ2) is 11.2. The van der Waals surface area contributed by atoms with Crippen molar-refractivity contribution in [2.75, 3.05) is 20.7 Å². The maximum atomic E-state index is 13.6. The molecule has 37 heavy (non-hydrogen) atoms. The summed E-state index contributed by atoms with van der Waals surface area (Å²) in [6, 6.07) is 6.11. The maximum Gasteiger partial charge on any atom is 0.332 e. The quantitative estimate of drug-likeness (QED) is 0.322.